The molecule has 1 amide bonds. The predicted octanol–water partition coefficient (Wildman–Crippen LogP) is 1.93. The van der Waals surface area contributed by atoms with E-state index in [4.69, 9.17) is 15.2 Å². The Hall–Kier alpha value is -3.08. The van der Waals surface area contributed by atoms with Crippen molar-refractivity contribution in [2.24, 2.45) is 18.7 Å². The molecule has 2 aliphatic heterocycles. The zero-order chi connectivity index (χ0) is 27.2. The normalized spacial score (nSPS) is 20.7. The molecule has 38 heavy (non-hydrogen) atoms. The molecule has 1 saturated heterocycles. The van der Waals surface area contributed by atoms with Crippen LogP contribution in [0.1, 0.15) is 48.9 Å². The molecule has 2 aromatic rings. The predicted molar refractivity (Wildman–Crippen MR) is 142 cm³/mol. The van der Waals surface area contributed by atoms with Crippen molar-refractivity contribution >= 4 is 11.9 Å². The highest BCUT2D eigenvalue weighted by Crippen LogP contribution is 2.44. The lowest BCUT2D eigenvalue weighted by Crippen LogP contribution is -2.45. The summed E-state index contributed by atoms with van der Waals surface area (Å²) in [4.78, 5) is 30.0. The Bertz CT molecular complexity index is 1120. The molecule has 0 bridgehead atoms. The second kappa shape index (κ2) is 12.6. The van der Waals surface area contributed by atoms with Crippen LogP contribution in [-0.4, -0.2) is 82.0 Å². The van der Waals surface area contributed by atoms with Gasteiger partial charge in [0.15, 0.2) is 11.5 Å². The number of nitrogens with two attached hydrogens (primary N) is 1. The van der Waals surface area contributed by atoms with Crippen LogP contribution in [0.15, 0.2) is 30.5 Å². The molecule has 4 rings (SSSR count). The number of carbonyl (C=O) groups excluding carboxylic acids is 1. The van der Waals surface area contributed by atoms with Crippen LogP contribution < -0.4 is 15.2 Å². The van der Waals surface area contributed by atoms with Crippen molar-refractivity contribution in [1.82, 2.24) is 14.4 Å². The van der Waals surface area contributed by atoms with Gasteiger partial charge in [-0.2, -0.15) is 0 Å². The maximum atomic E-state index is 13.4. The van der Waals surface area contributed by atoms with Crippen LogP contribution in [0.3, 0.4) is 0 Å². The van der Waals surface area contributed by atoms with E-state index in [1.54, 1.807) is 4.90 Å². The summed E-state index contributed by atoms with van der Waals surface area (Å²) < 4.78 is 13.1. The number of unbranched alkanes of at least 4 members (excludes halogenated alkanes) is 1. The summed E-state index contributed by atoms with van der Waals surface area (Å²) in [6.45, 7) is 3.96. The first-order valence-corrected chi connectivity index (χ1v) is 13.5. The Labute approximate surface area is 223 Å². The Kier molecular flexibility index (Phi) is 9.30. The first kappa shape index (κ1) is 27.9. The van der Waals surface area contributed by atoms with Gasteiger partial charge in [-0.15, -0.1) is 0 Å². The summed E-state index contributed by atoms with van der Waals surface area (Å²) in [5.41, 5.74) is 8.25. The summed E-state index contributed by atoms with van der Waals surface area (Å²) in [6, 6.07) is 7.31. The Balaban J connectivity index is 1.65. The number of carbonyl (C=O) groups is 2. The number of aliphatic carboxylic acids is 1. The molecule has 0 radical (unpaired) electrons. The number of amides is 1. The van der Waals surface area contributed by atoms with Gasteiger partial charge in [0.25, 0.3) is 0 Å². The molecular weight excluding hydrogens is 488 g/mol. The number of likely N-dealkylation sites (tertiary alicyclic amines) is 1. The van der Waals surface area contributed by atoms with E-state index in [9.17, 15) is 19.8 Å². The van der Waals surface area contributed by atoms with E-state index in [0.29, 0.717) is 56.1 Å². The van der Waals surface area contributed by atoms with Crippen LogP contribution in [0.4, 0.5) is 0 Å². The molecule has 10 heteroatoms. The molecule has 0 aliphatic carbocycles. The standard InChI is InChI=1S/C28H40N4O6/c1-3-4-11-31(12-9-29)25(34)16-32-15-22(19-13-20(17-33)27-24(14-19)37-18-38-27)26(28(35)36)23(32)8-7-21-6-5-10-30(21)2/h5-6,10,13-14,22-23,26,33H,3-4,7-9,11-12,15-18,29H2,1-2H3,(H,35,36)/t22-,23+,26-/m1/s1. The number of aliphatic hydroxyl groups is 1. The summed E-state index contributed by atoms with van der Waals surface area (Å²) >= 11 is 0. The Morgan fingerprint density at radius 3 is 2.71 bits per heavy atom. The maximum Gasteiger partial charge on any atom is 0.308 e. The number of aryl methyl sites for hydroxylation is 2. The van der Waals surface area contributed by atoms with Crippen LogP contribution in [0.25, 0.3) is 0 Å². The minimum absolute atomic E-state index is 0.0284. The largest absolute Gasteiger partial charge is 0.481 e. The van der Waals surface area contributed by atoms with Gasteiger partial charge in [0.05, 0.1) is 19.1 Å². The third-order valence-electron chi connectivity index (χ3n) is 7.82. The van der Waals surface area contributed by atoms with Crippen molar-refractivity contribution < 1.29 is 29.3 Å². The average Bonchev–Trinajstić information content (AvgIpc) is 3.63. The topological polar surface area (TPSA) is 130 Å². The number of carboxylic acid groups (broad SMARTS) is 1. The first-order chi connectivity index (χ1) is 18.4. The van der Waals surface area contributed by atoms with Gasteiger partial charge in [-0.25, -0.2) is 0 Å². The lowest BCUT2D eigenvalue weighted by atomic mass is 9.83. The van der Waals surface area contributed by atoms with Gasteiger partial charge in [0, 0.05) is 62.6 Å². The number of rotatable bonds is 13. The number of nitrogens with zero attached hydrogens (tertiary/aromatic N) is 3. The zero-order valence-corrected chi connectivity index (χ0v) is 22.3. The number of ether oxygens (including phenoxy) is 2. The third-order valence-corrected chi connectivity index (χ3v) is 7.82. The van der Waals surface area contributed by atoms with E-state index in [1.807, 2.05) is 47.0 Å². The van der Waals surface area contributed by atoms with Crippen LogP contribution in [-0.2, 0) is 29.7 Å². The molecule has 10 nitrogen and oxygen atoms in total. The molecule has 0 saturated carbocycles. The fourth-order valence-corrected chi connectivity index (χ4v) is 5.82. The third kappa shape index (κ3) is 5.98. The van der Waals surface area contributed by atoms with E-state index in [-0.39, 0.29) is 37.8 Å². The van der Waals surface area contributed by atoms with E-state index in [1.165, 1.54) is 0 Å². The summed E-state index contributed by atoms with van der Waals surface area (Å²) in [5.74, 6) is -1.01. The molecule has 3 heterocycles. The number of hydrogen-bond donors (Lipinski definition) is 3. The van der Waals surface area contributed by atoms with Crippen molar-refractivity contribution in [1.29, 1.82) is 0 Å². The molecule has 2 aliphatic rings. The van der Waals surface area contributed by atoms with E-state index < -0.39 is 11.9 Å². The fourth-order valence-electron chi connectivity index (χ4n) is 5.82. The number of aromatic nitrogens is 1. The number of carboxylic acids is 1. The summed E-state index contributed by atoms with van der Waals surface area (Å²) in [7, 11) is 1.98. The number of fused-ring (bicyclic) bond motifs is 1. The van der Waals surface area contributed by atoms with Gasteiger partial charge in [-0.1, -0.05) is 13.3 Å². The Morgan fingerprint density at radius 1 is 1.24 bits per heavy atom. The van der Waals surface area contributed by atoms with Crippen molar-refractivity contribution in [2.45, 2.75) is 51.2 Å². The quantitative estimate of drug-likeness (QED) is 0.360. The minimum Gasteiger partial charge on any atom is -0.481 e. The molecule has 3 atom stereocenters. The van der Waals surface area contributed by atoms with Gasteiger partial charge in [0.1, 0.15) is 0 Å². The van der Waals surface area contributed by atoms with Crippen molar-refractivity contribution in [2.75, 3.05) is 39.5 Å². The molecule has 4 N–H and O–H groups in total. The van der Waals surface area contributed by atoms with Gasteiger partial charge < -0.3 is 34.9 Å². The SMILES string of the molecule is CCCCN(CCN)C(=O)CN1C[C@H](c2cc(CO)c3c(c2)OCO3)[C@@H](C(=O)O)[C@@H]1CCc1cccn1C. The van der Waals surface area contributed by atoms with Gasteiger partial charge in [-0.05, 0) is 49.1 Å². The molecule has 208 valence electrons. The van der Waals surface area contributed by atoms with Crippen LogP contribution in [0, 0.1) is 5.92 Å². The molecule has 1 fully saturated rings. The highest BCUT2D eigenvalue weighted by molar-refractivity contribution is 5.79. The van der Waals surface area contributed by atoms with Gasteiger partial charge in [0.2, 0.25) is 12.7 Å². The first-order valence-electron chi connectivity index (χ1n) is 13.5. The molecule has 1 aromatic carbocycles. The summed E-state index contributed by atoms with van der Waals surface area (Å²) in [5, 5.41) is 20.4. The minimum atomic E-state index is -0.894. The van der Waals surface area contributed by atoms with Crippen LogP contribution >= 0.6 is 0 Å². The molecular formula is C28H40N4O6. The van der Waals surface area contributed by atoms with Crippen LogP contribution in [0.2, 0.25) is 0 Å². The average molecular weight is 529 g/mol. The monoisotopic (exact) mass is 528 g/mol. The number of aliphatic hydroxyl groups excluding tert-OH is 1. The van der Waals surface area contributed by atoms with Crippen molar-refractivity contribution in [3.05, 3.63) is 47.3 Å². The lowest BCUT2D eigenvalue weighted by Gasteiger charge is -2.29. The Morgan fingerprint density at radius 2 is 2.05 bits per heavy atom. The van der Waals surface area contributed by atoms with E-state index in [0.717, 1.165) is 24.1 Å². The number of benzene rings is 1. The fraction of sp³-hybridized carbons (Fsp3) is 0.571. The highest BCUT2D eigenvalue weighted by Gasteiger charge is 2.47. The maximum absolute atomic E-state index is 13.4. The smallest absolute Gasteiger partial charge is 0.308 e. The van der Waals surface area contributed by atoms with Gasteiger partial charge >= 0.3 is 5.97 Å². The zero-order valence-electron chi connectivity index (χ0n) is 22.3. The molecule has 0 spiro atoms. The molecule has 0 unspecified atom stereocenters. The van der Waals surface area contributed by atoms with E-state index >= 15 is 0 Å². The van der Waals surface area contributed by atoms with Crippen molar-refractivity contribution in [3.63, 3.8) is 0 Å². The molecule has 1 aromatic heterocycles. The number of hydrogen-bond acceptors (Lipinski definition) is 7. The second-order valence-corrected chi connectivity index (χ2v) is 10.2. The highest BCUT2D eigenvalue weighted by atomic mass is 16.7. The second-order valence-electron chi connectivity index (χ2n) is 10.2. The van der Waals surface area contributed by atoms with Crippen molar-refractivity contribution in [3.8, 4) is 11.5 Å². The summed E-state index contributed by atoms with van der Waals surface area (Å²) in [6.07, 6.45) is 5.13. The lowest BCUT2D eigenvalue weighted by molar-refractivity contribution is -0.143. The van der Waals surface area contributed by atoms with E-state index in [2.05, 4.69) is 6.92 Å². The van der Waals surface area contributed by atoms with Gasteiger partial charge in [-0.3, -0.25) is 14.5 Å². The van der Waals surface area contributed by atoms with Crippen LogP contribution in [0.5, 0.6) is 11.5 Å².